The Hall–Kier alpha value is -1.61. The lowest BCUT2D eigenvalue weighted by Crippen LogP contribution is -2.13. The first-order chi connectivity index (χ1) is 8.29. The SMILES string of the molecule is CCCNCc1coc(-c2cccc(C)c2)n1. The smallest absolute Gasteiger partial charge is 0.226 e. The van der Waals surface area contributed by atoms with Crippen molar-refractivity contribution in [2.45, 2.75) is 26.8 Å². The Labute approximate surface area is 102 Å². The van der Waals surface area contributed by atoms with Crippen molar-refractivity contribution in [3.63, 3.8) is 0 Å². The zero-order chi connectivity index (χ0) is 12.1. The predicted molar refractivity (Wildman–Crippen MR) is 68.7 cm³/mol. The number of aromatic nitrogens is 1. The zero-order valence-corrected chi connectivity index (χ0v) is 10.4. The molecule has 1 aromatic carbocycles. The Bertz CT molecular complexity index is 477. The molecule has 0 unspecified atom stereocenters. The van der Waals surface area contributed by atoms with Crippen LogP contribution >= 0.6 is 0 Å². The molecule has 90 valence electrons. The van der Waals surface area contributed by atoms with Gasteiger partial charge in [-0.2, -0.15) is 0 Å². The first kappa shape index (κ1) is 11.9. The summed E-state index contributed by atoms with van der Waals surface area (Å²) in [6.45, 7) is 5.99. The molecule has 0 aliphatic heterocycles. The van der Waals surface area contributed by atoms with Crippen molar-refractivity contribution in [1.82, 2.24) is 10.3 Å². The van der Waals surface area contributed by atoms with Crippen molar-refractivity contribution in [3.05, 3.63) is 41.8 Å². The lowest BCUT2D eigenvalue weighted by atomic mass is 10.1. The van der Waals surface area contributed by atoms with Crippen molar-refractivity contribution >= 4 is 0 Å². The molecule has 0 aliphatic carbocycles. The number of nitrogens with zero attached hydrogens (tertiary/aromatic N) is 1. The van der Waals surface area contributed by atoms with Crippen LogP contribution in [0.25, 0.3) is 11.5 Å². The maximum absolute atomic E-state index is 5.49. The van der Waals surface area contributed by atoms with Crippen LogP contribution in [0, 0.1) is 6.92 Å². The summed E-state index contributed by atoms with van der Waals surface area (Å²) in [5.41, 5.74) is 3.20. The Kier molecular flexibility index (Phi) is 3.94. The molecule has 1 heterocycles. The molecule has 3 nitrogen and oxygen atoms in total. The number of rotatable bonds is 5. The Balaban J connectivity index is 2.07. The number of hydrogen-bond donors (Lipinski definition) is 1. The molecule has 1 N–H and O–H groups in total. The van der Waals surface area contributed by atoms with Gasteiger partial charge in [0.1, 0.15) is 6.26 Å². The van der Waals surface area contributed by atoms with Crippen molar-refractivity contribution in [2.24, 2.45) is 0 Å². The Morgan fingerprint density at radius 1 is 1.35 bits per heavy atom. The molecule has 0 saturated heterocycles. The van der Waals surface area contributed by atoms with Crippen molar-refractivity contribution in [1.29, 1.82) is 0 Å². The first-order valence-corrected chi connectivity index (χ1v) is 6.01. The van der Waals surface area contributed by atoms with Crippen LogP contribution in [0.3, 0.4) is 0 Å². The third-order valence-corrected chi connectivity index (χ3v) is 2.55. The van der Waals surface area contributed by atoms with Crippen LogP contribution in [-0.4, -0.2) is 11.5 Å². The number of aryl methyl sites for hydroxylation is 1. The molecule has 17 heavy (non-hydrogen) atoms. The van der Waals surface area contributed by atoms with Gasteiger partial charge in [-0.15, -0.1) is 0 Å². The zero-order valence-electron chi connectivity index (χ0n) is 10.4. The van der Waals surface area contributed by atoms with Crippen LogP contribution in [0.15, 0.2) is 34.9 Å². The summed E-state index contributed by atoms with van der Waals surface area (Å²) in [5, 5.41) is 3.31. The molecule has 0 amide bonds. The molecule has 0 atom stereocenters. The fourth-order valence-corrected chi connectivity index (χ4v) is 1.69. The van der Waals surface area contributed by atoms with Crippen molar-refractivity contribution in [3.8, 4) is 11.5 Å². The van der Waals surface area contributed by atoms with Gasteiger partial charge < -0.3 is 9.73 Å². The maximum Gasteiger partial charge on any atom is 0.226 e. The number of benzene rings is 1. The third-order valence-electron chi connectivity index (χ3n) is 2.55. The minimum Gasteiger partial charge on any atom is -0.444 e. The van der Waals surface area contributed by atoms with Gasteiger partial charge in [0.05, 0.1) is 5.69 Å². The second-order valence-electron chi connectivity index (χ2n) is 4.19. The van der Waals surface area contributed by atoms with Gasteiger partial charge in [-0.05, 0) is 32.0 Å². The monoisotopic (exact) mass is 230 g/mol. The van der Waals surface area contributed by atoms with E-state index in [2.05, 4.69) is 36.3 Å². The Morgan fingerprint density at radius 2 is 2.24 bits per heavy atom. The second-order valence-corrected chi connectivity index (χ2v) is 4.19. The van der Waals surface area contributed by atoms with Crippen LogP contribution < -0.4 is 5.32 Å². The highest BCUT2D eigenvalue weighted by Gasteiger charge is 2.06. The average Bonchev–Trinajstić information content (AvgIpc) is 2.78. The highest BCUT2D eigenvalue weighted by Crippen LogP contribution is 2.19. The lowest BCUT2D eigenvalue weighted by molar-refractivity contribution is 0.570. The average molecular weight is 230 g/mol. The predicted octanol–water partition coefficient (Wildman–Crippen LogP) is 3.15. The standard InChI is InChI=1S/C14H18N2O/c1-3-7-15-9-13-10-17-14(16-13)12-6-4-5-11(2)8-12/h4-6,8,10,15H,3,7,9H2,1-2H3. The van der Waals surface area contributed by atoms with Crippen LogP contribution in [0.2, 0.25) is 0 Å². The van der Waals surface area contributed by atoms with Gasteiger partial charge in [0.15, 0.2) is 0 Å². The van der Waals surface area contributed by atoms with E-state index in [9.17, 15) is 0 Å². The number of nitrogens with one attached hydrogen (secondary N) is 1. The molecular weight excluding hydrogens is 212 g/mol. The van der Waals surface area contributed by atoms with E-state index in [-0.39, 0.29) is 0 Å². The molecule has 2 rings (SSSR count). The van der Waals surface area contributed by atoms with Gasteiger partial charge >= 0.3 is 0 Å². The van der Waals surface area contributed by atoms with Crippen LogP contribution in [0.1, 0.15) is 24.6 Å². The Morgan fingerprint density at radius 3 is 3.00 bits per heavy atom. The summed E-state index contributed by atoms with van der Waals surface area (Å²) in [6, 6.07) is 8.18. The first-order valence-electron chi connectivity index (χ1n) is 6.01. The lowest BCUT2D eigenvalue weighted by Gasteiger charge is -1.98. The summed E-state index contributed by atoms with van der Waals surface area (Å²) in [6.07, 6.45) is 2.85. The molecule has 0 saturated carbocycles. The van der Waals surface area contributed by atoms with E-state index < -0.39 is 0 Å². The summed E-state index contributed by atoms with van der Waals surface area (Å²) in [5.74, 6) is 0.696. The van der Waals surface area contributed by atoms with Gasteiger partial charge in [-0.25, -0.2) is 4.98 Å². The van der Waals surface area contributed by atoms with Gasteiger partial charge in [-0.1, -0.05) is 24.6 Å². The highest BCUT2D eigenvalue weighted by molar-refractivity contribution is 5.54. The molecular formula is C14H18N2O. The van der Waals surface area contributed by atoms with Gasteiger partial charge in [0.25, 0.3) is 0 Å². The normalized spacial score (nSPS) is 10.7. The summed E-state index contributed by atoms with van der Waals surface area (Å²) in [4.78, 5) is 4.46. The van der Waals surface area contributed by atoms with Crippen LogP contribution in [0.5, 0.6) is 0 Å². The molecule has 0 bridgehead atoms. The van der Waals surface area contributed by atoms with Crippen LogP contribution in [0.4, 0.5) is 0 Å². The van der Waals surface area contributed by atoms with Crippen LogP contribution in [-0.2, 0) is 6.54 Å². The quantitative estimate of drug-likeness (QED) is 0.802. The minimum absolute atomic E-state index is 0.696. The van der Waals surface area contributed by atoms with Gasteiger partial charge in [0.2, 0.25) is 5.89 Å². The van der Waals surface area contributed by atoms with E-state index >= 15 is 0 Å². The summed E-state index contributed by atoms with van der Waals surface area (Å²) < 4.78 is 5.49. The summed E-state index contributed by atoms with van der Waals surface area (Å²) in [7, 11) is 0. The van der Waals surface area contributed by atoms with E-state index in [4.69, 9.17) is 4.42 Å². The fraction of sp³-hybridized carbons (Fsp3) is 0.357. The molecule has 0 aliphatic rings. The van der Waals surface area contributed by atoms with Crippen molar-refractivity contribution < 1.29 is 4.42 Å². The molecule has 1 aromatic heterocycles. The van der Waals surface area contributed by atoms with Crippen molar-refractivity contribution in [2.75, 3.05) is 6.54 Å². The van der Waals surface area contributed by atoms with Gasteiger partial charge in [-0.3, -0.25) is 0 Å². The van der Waals surface area contributed by atoms with E-state index in [1.807, 2.05) is 12.1 Å². The number of oxazole rings is 1. The van der Waals surface area contributed by atoms with E-state index in [0.29, 0.717) is 5.89 Å². The molecule has 0 fully saturated rings. The van der Waals surface area contributed by atoms with E-state index in [0.717, 1.165) is 30.8 Å². The molecule has 0 radical (unpaired) electrons. The second kappa shape index (κ2) is 5.64. The molecule has 0 spiro atoms. The van der Waals surface area contributed by atoms with E-state index in [1.54, 1.807) is 6.26 Å². The topological polar surface area (TPSA) is 38.1 Å². The number of hydrogen-bond acceptors (Lipinski definition) is 3. The third kappa shape index (κ3) is 3.17. The highest BCUT2D eigenvalue weighted by atomic mass is 16.3. The van der Waals surface area contributed by atoms with Gasteiger partial charge in [0, 0.05) is 12.1 Å². The molecule has 3 heteroatoms. The largest absolute Gasteiger partial charge is 0.444 e. The molecule has 2 aromatic rings. The van der Waals surface area contributed by atoms with E-state index in [1.165, 1.54) is 5.56 Å². The minimum atomic E-state index is 0.696. The summed E-state index contributed by atoms with van der Waals surface area (Å²) >= 11 is 0. The fourth-order valence-electron chi connectivity index (χ4n) is 1.69. The maximum atomic E-state index is 5.49.